The highest BCUT2D eigenvalue weighted by atomic mass is 16.5. The predicted octanol–water partition coefficient (Wildman–Crippen LogP) is 4.04. The van der Waals surface area contributed by atoms with Crippen LogP contribution >= 0.6 is 0 Å². The van der Waals surface area contributed by atoms with Gasteiger partial charge in [-0.1, -0.05) is 32.0 Å². The molecule has 0 aromatic heterocycles. The summed E-state index contributed by atoms with van der Waals surface area (Å²) < 4.78 is 5.75. The maximum atomic E-state index is 12.7. The fourth-order valence-electron chi connectivity index (χ4n) is 2.45. The van der Waals surface area contributed by atoms with E-state index in [4.69, 9.17) is 10.5 Å². The van der Waals surface area contributed by atoms with E-state index in [1.54, 1.807) is 19.1 Å². The van der Waals surface area contributed by atoms with Crippen LogP contribution in [0.25, 0.3) is 0 Å². The second-order valence-electron chi connectivity index (χ2n) is 5.40. The summed E-state index contributed by atoms with van der Waals surface area (Å²) in [6.07, 6.45) is 1.20. The van der Waals surface area contributed by atoms with Crippen molar-refractivity contribution in [3.8, 4) is 5.75 Å². The fourth-order valence-corrected chi connectivity index (χ4v) is 2.45. The van der Waals surface area contributed by atoms with Crippen molar-refractivity contribution in [1.82, 2.24) is 0 Å². The molecule has 2 N–H and O–H groups in total. The second-order valence-corrected chi connectivity index (χ2v) is 5.40. The lowest BCUT2D eigenvalue weighted by atomic mass is 9.96. The highest BCUT2D eigenvalue weighted by molar-refractivity contribution is 6.00. The van der Waals surface area contributed by atoms with Gasteiger partial charge in [0, 0.05) is 17.3 Å². The summed E-state index contributed by atoms with van der Waals surface area (Å²) in [6.45, 7) is 5.92. The van der Waals surface area contributed by atoms with Crippen LogP contribution in [-0.4, -0.2) is 11.9 Å². The Balaban J connectivity index is 2.23. The molecular weight excluding hydrogens is 274 g/mol. The number of ether oxygens (including phenoxy) is 1. The van der Waals surface area contributed by atoms with Crippen molar-refractivity contribution in [3.05, 3.63) is 59.2 Å². The Morgan fingerprint density at radius 3 is 2.55 bits per heavy atom. The SMILES string of the molecule is CCc1ccc(CC)c(C(=O)C(C)Oc2cccc(N)c2)c1. The zero-order chi connectivity index (χ0) is 16.1. The van der Waals surface area contributed by atoms with Gasteiger partial charge < -0.3 is 10.5 Å². The van der Waals surface area contributed by atoms with Crippen LogP contribution in [0.15, 0.2) is 42.5 Å². The molecule has 0 saturated carbocycles. The Hall–Kier alpha value is -2.29. The first-order valence-electron chi connectivity index (χ1n) is 7.73. The topological polar surface area (TPSA) is 52.3 Å². The summed E-state index contributed by atoms with van der Waals surface area (Å²) in [5.41, 5.74) is 9.35. The Kier molecular flexibility index (Phi) is 5.21. The van der Waals surface area contributed by atoms with E-state index >= 15 is 0 Å². The first-order valence-corrected chi connectivity index (χ1v) is 7.73. The number of Topliss-reactive ketones (excluding diaryl/α,β-unsaturated/α-hetero) is 1. The van der Waals surface area contributed by atoms with Gasteiger partial charge in [-0.05, 0) is 49.1 Å². The van der Waals surface area contributed by atoms with Crippen molar-refractivity contribution in [1.29, 1.82) is 0 Å². The van der Waals surface area contributed by atoms with Crippen molar-refractivity contribution in [2.24, 2.45) is 0 Å². The summed E-state index contributed by atoms with van der Waals surface area (Å²) >= 11 is 0. The molecule has 1 atom stereocenters. The summed E-state index contributed by atoms with van der Waals surface area (Å²) in [4.78, 5) is 12.7. The monoisotopic (exact) mass is 297 g/mol. The Morgan fingerprint density at radius 2 is 1.91 bits per heavy atom. The fraction of sp³-hybridized carbons (Fsp3) is 0.316. The zero-order valence-corrected chi connectivity index (χ0v) is 13.4. The van der Waals surface area contributed by atoms with Crippen molar-refractivity contribution in [2.75, 3.05) is 5.73 Å². The lowest BCUT2D eigenvalue weighted by molar-refractivity contribution is 0.0817. The number of carbonyl (C=O) groups is 1. The summed E-state index contributed by atoms with van der Waals surface area (Å²) in [5, 5.41) is 0. The molecular formula is C19H23NO2. The van der Waals surface area contributed by atoms with Crippen LogP contribution in [-0.2, 0) is 12.8 Å². The lowest BCUT2D eigenvalue weighted by Gasteiger charge is -2.16. The van der Waals surface area contributed by atoms with Crippen LogP contribution in [0.2, 0.25) is 0 Å². The standard InChI is InChI=1S/C19H23NO2/c1-4-14-9-10-15(5-2)18(11-14)19(21)13(3)22-17-8-6-7-16(20)12-17/h6-13H,4-5,20H2,1-3H3. The molecule has 0 aliphatic carbocycles. The van der Waals surface area contributed by atoms with E-state index in [0.29, 0.717) is 11.4 Å². The third kappa shape index (κ3) is 3.67. The van der Waals surface area contributed by atoms with Gasteiger partial charge in [-0.2, -0.15) is 0 Å². The van der Waals surface area contributed by atoms with Crippen LogP contribution in [0, 0.1) is 0 Å². The minimum Gasteiger partial charge on any atom is -0.482 e. The van der Waals surface area contributed by atoms with Crippen molar-refractivity contribution >= 4 is 11.5 Å². The van der Waals surface area contributed by atoms with Crippen LogP contribution in [0.3, 0.4) is 0 Å². The van der Waals surface area contributed by atoms with Crippen LogP contribution in [0.4, 0.5) is 5.69 Å². The predicted molar refractivity (Wildman–Crippen MR) is 90.5 cm³/mol. The molecule has 0 spiro atoms. The molecule has 22 heavy (non-hydrogen) atoms. The molecule has 0 amide bonds. The number of carbonyl (C=O) groups excluding carboxylic acids is 1. The number of hydrogen-bond acceptors (Lipinski definition) is 3. The lowest BCUT2D eigenvalue weighted by Crippen LogP contribution is -2.25. The van der Waals surface area contributed by atoms with Crippen molar-refractivity contribution in [2.45, 2.75) is 39.7 Å². The van der Waals surface area contributed by atoms with Gasteiger partial charge in [-0.25, -0.2) is 0 Å². The molecule has 3 nitrogen and oxygen atoms in total. The van der Waals surface area contributed by atoms with E-state index in [9.17, 15) is 4.79 Å². The molecule has 3 heteroatoms. The number of benzene rings is 2. The van der Waals surface area contributed by atoms with Gasteiger partial charge in [0.2, 0.25) is 5.78 Å². The van der Waals surface area contributed by atoms with Crippen LogP contribution < -0.4 is 10.5 Å². The van der Waals surface area contributed by atoms with Gasteiger partial charge in [-0.15, -0.1) is 0 Å². The molecule has 0 radical (unpaired) electrons. The smallest absolute Gasteiger partial charge is 0.203 e. The van der Waals surface area contributed by atoms with Gasteiger partial charge in [0.25, 0.3) is 0 Å². The summed E-state index contributed by atoms with van der Waals surface area (Å²) in [5.74, 6) is 0.625. The number of hydrogen-bond donors (Lipinski definition) is 1. The van der Waals surface area contributed by atoms with E-state index in [2.05, 4.69) is 19.9 Å². The minimum atomic E-state index is -0.542. The van der Waals surface area contributed by atoms with Crippen LogP contribution in [0.1, 0.15) is 42.3 Å². The van der Waals surface area contributed by atoms with E-state index in [1.165, 1.54) is 0 Å². The van der Waals surface area contributed by atoms with Gasteiger partial charge in [0.1, 0.15) is 5.75 Å². The number of nitrogen functional groups attached to an aromatic ring is 1. The zero-order valence-electron chi connectivity index (χ0n) is 13.4. The van der Waals surface area contributed by atoms with E-state index in [0.717, 1.165) is 29.5 Å². The normalized spacial score (nSPS) is 12.0. The van der Waals surface area contributed by atoms with Gasteiger partial charge in [0.05, 0.1) is 0 Å². The third-order valence-electron chi connectivity index (χ3n) is 3.77. The Bertz CT molecular complexity index is 664. The van der Waals surface area contributed by atoms with Gasteiger partial charge in [0.15, 0.2) is 6.10 Å². The van der Waals surface area contributed by atoms with Crippen molar-refractivity contribution < 1.29 is 9.53 Å². The van der Waals surface area contributed by atoms with Crippen molar-refractivity contribution in [3.63, 3.8) is 0 Å². The van der Waals surface area contributed by atoms with E-state index < -0.39 is 6.10 Å². The molecule has 2 aromatic carbocycles. The number of nitrogens with two attached hydrogens (primary N) is 1. The van der Waals surface area contributed by atoms with E-state index in [-0.39, 0.29) is 5.78 Å². The Morgan fingerprint density at radius 1 is 1.14 bits per heavy atom. The average molecular weight is 297 g/mol. The maximum Gasteiger partial charge on any atom is 0.203 e. The molecule has 116 valence electrons. The number of rotatable bonds is 6. The maximum absolute atomic E-state index is 12.7. The third-order valence-corrected chi connectivity index (χ3v) is 3.77. The Labute approximate surface area is 132 Å². The highest BCUT2D eigenvalue weighted by Gasteiger charge is 2.20. The van der Waals surface area contributed by atoms with E-state index in [1.807, 2.05) is 24.3 Å². The second kappa shape index (κ2) is 7.12. The molecule has 2 aromatic rings. The number of anilines is 1. The first kappa shape index (κ1) is 16.1. The van der Waals surface area contributed by atoms with Crippen LogP contribution in [0.5, 0.6) is 5.75 Å². The summed E-state index contributed by atoms with van der Waals surface area (Å²) in [6, 6.07) is 13.3. The molecule has 0 bridgehead atoms. The molecule has 1 unspecified atom stereocenters. The quantitative estimate of drug-likeness (QED) is 0.646. The molecule has 2 rings (SSSR count). The minimum absolute atomic E-state index is 0.00887. The molecule has 0 aliphatic rings. The number of ketones is 1. The molecule has 0 heterocycles. The van der Waals surface area contributed by atoms with Gasteiger partial charge >= 0.3 is 0 Å². The summed E-state index contributed by atoms with van der Waals surface area (Å²) in [7, 11) is 0. The van der Waals surface area contributed by atoms with Gasteiger partial charge in [-0.3, -0.25) is 4.79 Å². The molecule has 0 aliphatic heterocycles. The largest absolute Gasteiger partial charge is 0.482 e. The highest BCUT2D eigenvalue weighted by Crippen LogP contribution is 2.20. The molecule has 0 saturated heterocycles. The molecule has 0 fully saturated rings. The number of aryl methyl sites for hydroxylation is 2. The first-order chi connectivity index (χ1) is 10.5. The average Bonchev–Trinajstić information content (AvgIpc) is 2.53.